The summed E-state index contributed by atoms with van der Waals surface area (Å²) >= 11 is 0. The average molecular weight is 346 g/mol. The molecule has 0 saturated carbocycles. The van der Waals surface area contributed by atoms with E-state index in [1.165, 1.54) is 68.6 Å². The molecule has 4 aromatic carbocycles. The largest absolute Gasteiger partial charge is 0.0683 e. The molecule has 0 fully saturated rings. The summed E-state index contributed by atoms with van der Waals surface area (Å²) in [5.41, 5.74) is 10.6. The lowest BCUT2D eigenvalue weighted by Crippen LogP contribution is -1.97. The second-order valence-electron chi connectivity index (χ2n) is 8.18. The first-order valence-electron chi connectivity index (χ1n) is 10.1. The molecule has 0 atom stereocenters. The summed E-state index contributed by atoms with van der Waals surface area (Å²) in [6, 6.07) is 22.7. The normalized spacial score (nSPS) is 15.2. The van der Waals surface area contributed by atoms with Crippen molar-refractivity contribution in [2.24, 2.45) is 0 Å². The molecular weight excluding hydrogens is 324 g/mol. The molecule has 130 valence electrons. The molecule has 6 rings (SSSR count). The number of aryl methyl sites for hydroxylation is 1. The van der Waals surface area contributed by atoms with Crippen molar-refractivity contribution in [3.63, 3.8) is 0 Å². The maximum absolute atomic E-state index is 2.50. The van der Waals surface area contributed by atoms with E-state index in [1.807, 2.05) is 0 Å². The van der Waals surface area contributed by atoms with Gasteiger partial charge in [-0.3, -0.25) is 0 Å². The smallest absolute Gasteiger partial charge is 0.00178 e. The lowest BCUT2D eigenvalue weighted by Gasteiger charge is -2.19. The highest BCUT2D eigenvalue weighted by atomic mass is 14.3. The van der Waals surface area contributed by atoms with Gasteiger partial charge in [-0.2, -0.15) is 0 Å². The Hall–Kier alpha value is -2.86. The van der Waals surface area contributed by atoms with Crippen molar-refractivity contribution in [2.45, 2.75) is 32.6 Å². The minimum absolute atomic E-state index is 1.11. The van der Waals surface area contributed by atoms with E-state index in [1.54, 1.807) is 11.1 Å². The van der Waals surface area contributed by atoms with Crippen LogP contribution in [0.25, 0.3) is 38.7 Å². The molecule has 0 radical (unpaired) electrons. The van der Waals surface area contributed by atoms with E-state index < -0.39 is 0 Å². The summed E-state index contributed by atoms with van der Waals surface area (Å²) in [4.78, 5) is 0. The monoisotopic (exact) mass is 346 g/mol. The molecule has 4 aromatic rings. The second-order valence-corrected chi connectivity index (χ2v) is 8.18. The van der Waals surface area contributed by atoms with Crippen LogP contribution in [0.4, 0.5) is 0 Å². The predicted octanol–water partition coefficient (Wildman–Crippen LogP) is 7.11. The van der Waals surface area contributed by atoms with Gasteiger partial charge in [-0.05, 0) is 93.6 Å². The minimum Gasteiger partial charge on any atom is -0.0683 e. The molecule has 2 aliphatic carbocycles. The number of rotatable bonds is 1. The van der Waals surface area contributed by atoms with Crippen molar-refractivity contribution in [1.82, 2.24) is 0 Å². The Bertz CT molecular complexity index is 1220. The Morgan fingerprint density at radius 3 is 2.15 bits per heavy atom. The zero-order valence-corrected chi connectivity index (χ0v) is 15.7. The predicted molar refractivity (Wildman–Crippen MR) is 116 cm³/mol. The first-order chi connectivity index (χ1) is 13.3. The fourth-order valence-electron chi connectivity index (χ4n) is 5.30. The van der Waals surface area contributed by atoms with Gasteiger partial charge in [-0.15, -0.1) is 0 Å². The van der Waals surface area contributed by atoms with Crippen molar-refractivity contribution in [2.75, 3.05) is 0 Å². The van der Waals surface area contributed by atoms with Crippen molar-refractivity contribution < 1.29 is 0 Å². The Balaban J connectivity index is 1.85. The van der Waals surface area contributed by atoms with Crippen molar-refractivity contribution in [3.05, 3.63) is 88.5 Å². The molecule has 0 bridgehead atoms. The molecule has 0 amide bonds. The van der Waals surface area contributed by atoms with E-state index >= 15 is 0 Å². The summed E-state index contributed by atoms with van der Waals surface area (Å²) in [6.07, 6.45) is 7.29. The molecule has 2 aliphatic rings. The van der Waals surface area contributed by atoms with Gasteiger partial charge >= 0.3 is 0 Å². The van der Waals surface area contributed by atoms with E-state index in [0.29, 0.717) is 0 Å². The lowest BCUT2D eigenvalue weighted by molar-refractivity contribution is 0.912. The first-order valence-corrected chi connectivity index (χ1v) is 10.1. The molecule has 0 N–H and O–H groups in total. The van der Waals surface area contributed by atoms with Gasteiger partial charge in [0.05, 0.1) is 0 Å². The SMILES string of the molecule is CC1=Cc2c(cc3c(c2-c2c4ccccc4cc4ccccc24)CCC3)C1. The van der Waals surface area contributed by atoms with Gasteiger partial charge in [-0.1, -0.05) is 66.2 Å². The number of fused-ring (bicyclic) bond motifs is 4. The molecule has 0 spiro atoms. The van der Waals surface area contributed by atoms with Crippen molar-refractivity contribution >= 4 is 27.6 Å². The maximum atomic E-state index is 2.50. The fraction of sp³-hybridized carbons (Fsp3) is 0.185. The molecule has 0 nitrogen and oxygen atoms in total. The van der Waals surface area contributed by atoms with Crippen LogP contribution in [0.2, 0.25) is 0 Å². The topological polar surface area (TPSA) is 0 Å². The van der Waals surface area contributed by atoms with Crippen LogP contribution in [0.15, 0.2) is 66.2 Å². The van der Waals surface area contributed by atoms with Gasteiger partial charge < -0.3 is 0 Å². The zero-order valence-electron chi connectivity index (χ0n) is 15.7. The van der Waals surface area contributed by atoms with Crippen LogP contribution in [0.1, 0.15) is 35.6 Å². The van der Waals surface area contributed by atoms with E-state index in [-0.39, 0.29) is 0 Å². The highest BCUT2D eigenvalue weighted by Gasteiger charge is 2.26. The number of allylic oxidation sites excluding steroid dienone is 1. The van der Waals surface area contributed by atoms with E-state index in [0.717, 1.165) is 6.42 Å². The Morgan fingerprint density at radius 2 is 1.41 bits per heavy atom. The molecular formula is C27H22. The van der Waals surface area contributed by atoms with Gasteiger partial charge in [0.15, 0.2) is 0 Å². The summed E-state index contributed by atoms with van der Waals surface area (Å²) < 4.78 is 0. The lowest BCUT2D eigenvalue weighted by atomic mass is 9.84. The average Bonchev–Trinajstić information content (AvgIpc) is 3.29. The summed E-state index contributed by atoms with van der Waals surface area (Å²) in [5, 5.41) is 5.46. The Morgan fingerprint density at radius 1 is 0.704 bits per heavy atom. The summed E-state index contributed by atoms with van der Waals surface area (Å²) in [7, 11) is 0. The number of hydrogen-bond acceptors (Lipinski definition) is 0. The van der Waals surface area contributed by atoms with Crippen LogP contribution in [-0.4, -0.2) is 0 Å². The molecule has 0 heterocycles. The maximum Gasteiger partial charge on any atom is -0.00178 e. The zero-order chi connectivity index (χ0) is 18.0. The molecule has 0 unspecified atom stereocenters. The van der Waals surface area contributed by atoms with Crippen molar-refractivity contribution in [1.29, 1.82) is 0 Å². The molecule has 27 heavy (non-hydrogen) atoms. The van der Waals surface area contributed by atoms with Crippen LogP contribution in [0, 0.1) is 0 Å². The van der Waals surface area contributed by atoms with Gasteiger partial charge in [0.25, 0.3) is 0 Å². The third kappa shape index (κ3) is 2.16. The van der Waals surface area contributed by atoms with Crippen LogP contribution in [0.5, 0.6) is 0 Å². The third-order valence-electron chi connectivity index (χ3n) is 6.41. The Kier molecular flexibility index (Phi) is 3.14. The van der Waals surface area contributed by atoms with E-state index in [4.69, 9.17) is 0 Å². The first kappa shape index (κ1) is 15.2. The van der Waals surface area contributed by atoms with Crippen LogP contribution < -0.4 is 0 Å². The standard InChI is InChI=1S/C27H22/c1-17-13-21-16-20-9-6-12-24(20)27(25(21)14-17)26-22-10-4-2-7-18(22)15-19-8-3-5-11-23(19)26/h2-5,7-8,10-11,14-16H,6,9,12-13H2,1H3. The van der Waals surface area contributed by atoms with Crippen LogP contribution >= 0.6 is 0 Å². The van der Waals surface area contributed by atoms with Gasteiger partial charge in [0, 0.05) is 0 Å². The van der Waals surface area contributed by atoms with Crippen LogP contribution in [-0.2, 0) is 19.3 Å². The number of benzene rings is 4. The summed E-state index contributed by atoms with van der Waals surface area (Å²) in [5.74, 6) is 0. The van der Waals surface area contributed by atoms with Crippen molar-refractivity contribution in [3.8, 4) is 11.1 Å². The second kappa shape index (κ2) is 5.57. The fourth-order valence-corrected chi connectivity index (χ4v) is 5.30. The quantitative estimate of drug-likeness (QED) is 0.322. The number of hydrogen-bond donors (Lipinski definition) is 0. The molecule has 0 aliphatic heterocycles. The minimum atomic E-state index is 1.11. The van der Waals surface area contributed by atoms with Gasteiger partial charge in [0.1, 0.15) is 0 Å². The van der Waals surface area contributed by atoms with Gasteiger partial charge in [-0.25, -0.2) is 0 Å². The van der Waals surface area contributed by atoms with Gasteiger partial charge in [0.2, 0.25) is 0 Å². The van der Waals surface area contributed by atoms with E-state index in [2.05, 4.69) is 73.7 Å². The summed E-state index contributed by atoms with van der Waals surface area (Å²) in [6.45, 7) is 2.27. The molecule has 0 saturated heterocycles. The van der Waals surface area contributed by atoms with E-state index in [9.17, 15) is 0 Å². The molecule has 0 heteroatoms. The Labute approximate surface area is 160 Å². The highest BCUT2D eigenvalue weighted by molar-refractivity contribution is 6.14. The third-order valence-corrected chi connectivity index (χ3v) is 6.41. The molecule has 0 aromatic heterocycles. The van der Waals surface area contributed by atoms with Crippen LogP contribution in [0.3, 0.4) is 0 Å². The highest BCUT2D eigenvalue weighted by Crippen LogP contribution is 2.46.